The molecule has 0 atom stereocenters. The SMILES string of the molecule is c1ccc(-c2ccc(-c3ccc4c(c3)c3ccccc3n4-c3nc4ccccc4c4nc5ccccc5n34)cc2)nc1. The Bertz CT molecular complexity index is 2450. The van der Waals surface area contributed by atoms with Crippen molar-refractivity contribution in [2.24, 2.45) is 0 Å². The van der Waals surface area contributed by atoms with Crippen molar-refractivity contribution in [3.05, 3.63) is 140 Å². The minimum atomic E-state index is 0.830. The first-order valence-electron chi connectivity index (χ1n) is 14.0. The van der Waals surface area contributed by atoms with Gasteiger partial charge in [0, 0.05) is 27.9 Å². The zero-order valence-electron chi connectivity index (χ0n) is 22.5. The molecule has 5 heteroatoms. The molecular weight excluding hydrogens is 514 g/mol. The number of hydrogen-bond donors (Lipinski definition) is 0. The van der Waals surface area contributed by atoms with Crippen LogP contribution in [0.5, 0.6) is 0 Å². The molecule has 4 aromatic heterocycles. The minimum absolute atomic E-state index is 0.830. The molecule has 0 aliphatic rings. The van der Waals surface area contributed by atoms with E-state index in [4.69, 9.17) is 9.97 Å². The second-order valence-electron chi connectivity index (χ2n) is 10.6. The van der Waals surface area contributed by atoms with E-state index >= 15 is 0 Å². The summed E-state index contributed by atoms with van der Waals surface area (Å²) >= 11 is 0. The van der Waals surface area contributed by atoms with Crippen molar-refractivity contribution in [2.75, 3.05) is 0 Å². The standard InChI is InChI=1S/C37H23N5/c1-3-12-31-28(10-1)36-39-32-13-4-6-15-35(32)42(36)37(40-31)41-33-14-5-2-9-27(33)29-23-26(20-21-34(29)41)24-16-18-25(19-17-24)30-11-7-8-22-38-30/h1-23H. The third-order valence-corrected chi connectivity index (χ3v) is 8.18. The van der Waals surface area contributed by atoms with Crippen molar-refractivity contribution in [1.29, 1.82) is 0 Å². The zero-order valence-corrected chi connectivity index (χ0v) is 22.5. The van der Waals surface area contributed by atoms with E-state index in [1.165, 1.54) is 21.9 Å². The van der Waals surface area contributed by atoms with Crippen LogP contribution >= 0.6 is 0 Å². The predicted molar refractivity (Wildman–Crippen MR) is 171 cm³/mol. The van der Waals surface area contributed by atoms with Gasteiger partial charge in [0.1, 0.15) is 5.65 Å². The fourth-order valence-corrected chi connectivity index (χ4v) is 6.21. The molecule has 196 valence electrons. The zero-order chi connectivity index (χ0) is 27.6. The first-order valence-corrected chi connectivity index (χ1v) is 14.0. The summed E-state index contributed by atoms with van der Waals surface area (Å²) in [5.74, 6) is 0.830. The van der Waals surface area contributed by atoms with E-state index in [-0.39, 0.29) is 0 Å². The lowest BCUT2D eigenvalue weighted by Crippen LogP contribution is -2.06. The number of rotatable bonds is 3. The van der Waals surface area contributed by atoms with E-state index in [2.05, 4.69) is 111 Å². The van der Waals surface area contributed by atoms with Gasteiger partial charge in [-0.25, -0.2) is 9.97 Å². The first kappa shape index (κ1) is 22.9. The highest BCUT2D eigenvalue weighted by Crippen LogP contribution is 2.36. The van der Waals surface area contributed by atoms with E-state index < -0.39 is 0 Å². The summed E-state index contributed by atoms with van der Waals surface area (Å²) in [6, 6.07) is 46.5. The number of imidazole rings is 1. The molecule has 9 rings (SSSR count). The predicted octanol–water partition coefficient (Wildman–Crippen LogP) is 8.86. The van der Waals surface area contributed by atoms with Crippen LogP contribution in [0, 0.1) is 0 Å². The van der Waals surface area contributed by atoms with Crippen LogP contribution in [0.1, 0.15) is 0 Å². The molecule has 0 radical (unpaired) electrons. The maximum atomic E-state index is 5.27. The maximum Gasteiger partial charge on any atom is 0.221 e. The lowest BCUT2D eigenvalue weighted by molar-refractivity contribution is 0.979. The van der Waals surface area contributed by atoms with Crippen molar-refractivity contribution in [3.8, 4) is 28.3 Å². The summed E-state index contributed by atoms with van der Waals surface area (Å²) in [6.45, 7) is 0. The highest BCUT2D eigenvalue weighted by atomic mass is 15.2. The smallest absolute Gasteiger partial charge is 0.221 e. The van der Waals surface area contributed by atoms with Crippen molar-refractivity contribution in [2.45, 2.75) is 0 Å². The second-order valence-corrected chi connectivity index (χ2v) is 10.6. The summed E-state index contributed by atoms with van der Waals surface area (Å²) in [5.41, 5.74) is 10.5. The van der Waals surface area contributed by atoms with Gasteiger partial charge < -0.3 is 0 Å². The minimum Gasteiger partial charge on any atom is -0.279 e. The van der Waals surface area contributed by atoms with Crippen LogP contribution < -0.4 is 0 Å². The van der Waals surface area contributed by atoms with Gasteiger partial charge in [0.25, 0.3) is 0 Å². The fraction of sp³-hybridized carbons (Fsp3) is 0. The van der Waals surface area contributed by atoms with Crippen molar-refractivity contribution >= 4 is 49.4 Å². The molecular formula is C37H23N5. The highest BCUT2D eigenvalue weighted by Gasteiger charge is 2.20. The number of aromatic nitrogens is 5. The Morgan fingerprint density at radius 2 is 1.12 bits per heavy atom. The molecule has 0 saturated carbocycles. The van der Waals surface area contributed by atoms with E-state index in [0.717, 1.165) is 55.8 Å². The van der Waals surface area contributed by atoms with E-state index in [0.29, 0.717) is 0 Å². The summed E-state index contributed by atoms with van der Waals surface area (Å²) < 4.78 is 4.49. The number of benzene rings is 5. The molecule has 0 aliphatic heterocycles. The van der Waals surface area contributed by atoms with Crippen LogP contribution in [-0.4, -0.2) is 23.9 Å². The fourth-order valence-electron chi connectivity index (χ4n) is 6.21. The van der Waals surface area contributed by atoms with Crippen molar-refractivity contribution in [1.82, 2.24) is 23.9 Å². The number of nitrogens with zero attached hydrogens (tertiary/aromatic N) is 5. The topological polar surface area (TPSA) is 48.0 Å². The lowest BCUT2D eigenvalue weighted by atomic mass is 10.0. The van der Waals surface area contributed by atoms with E-state index in [9.17, 15) is 0 Å². The van der Waals surface area contributed by atoms with Gasteiger partial charge in [-0.2, -0.15) is 0 Å². The number of hydrogen-bond acceptors (Lipinski definition) is 3. The van der Waals surface area contributed by atoms with Crippen LogP contribution in [0.4, 0.5) is 0 Å². The first-order chi connectivity index (χ1) is 20.8. The molecule has 0 fully saturated rings. The van der Waals surface area contributed by atoms with Gasteiger partial charge in [0.15, 0.2) is 0 Å². The quantitative estimate of drug-likeness (QED) is 0.226. The maximum absolute atomic E-state index is 5.27. The Kier molecular flexibility index (Phi) is 4.83. The largest absolute Gasteiger partial charge is 0.279 e. The molecule has 0 aliphatic carbocycles. The van der Waals surface area contributed by atoms with Crippen molar-refractivity contribution in [3.63, 3.8) is 0 Å². The number of pyridine rings is 1. The van der Waals surface area contributed by atoms with Gasteiger partial charge >= 0.3 is 0 Å². The summed E-state index contributed by atoms with van der Waals surface area (Å²) in [6.07, 6.45) is 1.83. The van der Waals surface area contributed by atoms with Crippen LogP contribution in [0.2, 0.25) is 0 Å². The molecule has 42 heavy (non-hydrogen) atoms. The monoisotopic (exact) mass is 537 g/mol. The average Bonchev–Trinajstić information content (AvgIpc) is 3.61. The Morgan fingerprint density at radius 1 is 0.452 bits per heavy atom. The summed E-state index contributed by atoms with van der Waals surface area (Å²) in [5, 5.41) is 3.41. The van der Waals surface area contributed by atoms with Gasteiger partial charge in [0.2, 0.25) is 5.95 Å². The molecule has 4 heterocycles. The molecule has 0 spiro atoms. The van der Waals surface area contributed by atoms with Crippen LogP contribution in [-0.2, 0) is 0 Å². The Morgan fingerprint density at radius 3 is 1.95 bits per heavy atom. The van der Waals surface area contributed by atoms with Gasteiger partial charge in [-0.1, -0.05) is 78.9 Å². The molecule has 0 amide bonds. The third kappa shape index (κ3) is 3.34. The third-order valence-electron chi connectivity index (χ3n) is 8.18. The molecule has 0 bridgehead atoms. The lowest BCUT2D eigenvalue weighted by Gasteiger charge is -2.12. The van der Waals surface area contributed by atoms with E-state index in [1.807, 2.05) is 42.6 Å². The van der Waals surface area contributed by atoms with Gasteiger partial charge in [-0.3, -0.25) is 14.0 Å². The Balaban J connectivity index is 1.30. The number of para-hydroxylation sites is 4. The molecule has 0 N–H and O–H groups in total. The van der Waals surface area contributed by atoms with Gasteiger partial charge in [-0.15, -0.1) is 0 Å². The summed E-state index contributed by atoms with van der Waals surface area (Å²) in [7, 11) is 0. The highest BCUT2D eigenvalue weighted by molar-refractivity contribution is 6.10. The van der Waals surface area contributed by atoms with Crippen molar-refractivity contribution < 1.29 is 0 Å². The Labute approximate surface area is 241 Å². The molecule has 0 saturated heterocycles. The van der Waals surface area contributed by atoms with Crippen LogP contribution in [0.25, 0.3) is 77.7 Å². The molecule has 9 aromatic rings. The Hall–Kier alpha value is -5.81. The summed E-state index contributed by atoms with van der Waals surface area (Å²) in [4.78, 5) is 14.8. The van der Waals surface area contributed by atoms with Gasteiger partial charge in [-0.05, 0) is 65.7 Å². The number of fused-ring (bicyclic) bond motifs is 8. The second kappa shape index (κ2) is 8.85. The van der Waals surface area contributed by atoms with E-state index in [1.54, 1.807) is 0 Å². The average molecular weight is 538 g/mol. The molecule has 0 unspecified atom stereocenters. The molecule has 5 aromatic carbocycles. The van der Waals surface area contributed by atoms with Gasteiger partial charge in [0.05, 0.1) is 33.3 Å². The normalized spacial score (nSPS) is 11.8. The van der Waals surface area contributed by atoms with Crippen LogP contribution in [0.15, 0.2) is 140 Å². The molecule has 5 nitrogen and oxygen atoms in total. The van der Waals surface area contributed by atoms with Crippen LogP contribution in [0.3, 0.4) is 0 Å².